The molecule has 2 saturated heterocycles. The summed E-state index contributed by atoms with van der Waals surface area (Å²) >= 11 is 0. The molecule has 240 valence electrons. The van der Waals surface area contributed by atoms with Crippen LogP contribution in [0.1, 0.15) is 43.6 Å². The van der Waals surface area contributed by atoms with Crippen LogP contribution in [0.25, 0.3) is 10.8 Å². The van der Waals surface area contributed by atoms with Crippen molar-refractivity contribution >= 4 is 40.9 Å². The third kappa shape index (κ3) is 6.36. The first-order valence-corrected chi connectivity index (χ1v) is 14.3. The number of anilines is 1. The molecule has 1 amide bonds. The van der Waals surface area contributed by atoms with E-state index < -0.39 is 77.9 Å². The summed E-state index contributed by atoms with van der Waals surface area (Å²) < 4.78 is 88.0. The molecule has 0 radical (unpaired) electrons. The van der Waals surface area contributed by atoms with Crippen LogP contribution in [0.2, 0.25) is 0 Å². The van der Waals surface area contributed by atoms with E-state index in [1.807, 2.05) is 33.8 Å². The molecule has 0 aromatic heterocycles. The van der Waals surface area contributed by atoms with Gasteiger partial charge in [-0.25, -0.2) is 13.6 Å². The van der Waals surface area contributed by atoms with Gasteiger partial charge in [-0.2, -0.15) is 13.2 Å². The fourth-order valence-electron chi connectivity index (χ4n) is 5.52. The van der Waals surface area contributed by atoms with Gasteiger partial charge in [0.05, 0.1) is 24.4 Å². The highest BCUT2D eigenvalue weighted by Gasteiger charge is 2.52. The quantitative estimate of drug-likeness (QED) is 0.290. The molecular weight excluding hydrogens is 602 g/mol. The molecule has 0 aliphatic carbocycles. The molecule has 2 aliphatic heterocycles. The van der Waals surface area contributed by atoms with E-state index in [0.717, 1.165) is 15.7 Å². The number of aliphatic carboxylic acids is 1. The maximum Gasteiger partial charge on any atom is 0.495 e. The van der Waals surface area contributed by atoms with Gasteiger partial charge in [-0.1, -0.05) is 36.4 Å². The van der Waals surface area contributed by atoms with Crippen molar-refractivity contribution < 1.29 is 50.7 Å². The number of carboxylic acid groups (broad SMARTS) is 1. The summed E-state index contributed by atoms with van der Waals surface area (Å²) in [7, 11) is -0.693. The number of amides is 1. The third-order valence-corrected chi connectivity index (χ3v) is 8.67. The Bertz CT molecular complexity index is 1590. The largest absolute Gasteiger partial charge is 0.495 e. The number of hydrogen-bond donors (Lipinski definition) is 2. The van der Waals surface area contributed by atoms with Crippen molar-refractivity contribution in [2.45, 2.75) is 63.6 Å². The van der Waals surface area contributed by atoms with Crippen LogP contribution in [0, 0.1) is 11.6 Å². The van der Waals surface area contributed by atoms with E-state index in [9.17, 15) is 27.9 Å². The first kappa shape index (κ1) is 32.6. The smallest absolute Gasteiger partial charge is 0.480 e. The van der Waals surface area contributed by atoms with Gasteiger partial charge in [-0.15, -0.1) is 0 Å². The van der Waals surface area contributed by atoms with Gasteiger partial charge in [0.25, 0.3) is 5.91 Å². The third-order valence-electron chi connectivity index (χ3n) is 8.67. The predicted molar refractivity (Wildman–Crippen MR) is 157 cm³/mol. The molecule has 2 fully saturated rings. The molecule has 2 heterocycles. The van der Waals surface area contributed by atoms with Crippen LogP contribution < -0.4 is 15.7 Å². The SMILES string of the molecule is CC1(C)OB(c2ccc(CC(NC(=O)c3c(F)cc(N4CCOCC4C(F)(F)F)cc3F)C(=O)O)c3ccccc23)OC1(C)C. The lowest BCUT2D eigenvalue weighted by atomic mass is 9.75. The minimum Gasteiger partial charge on any atom is -0.480 e. The number of carboxylic acids is 1. The van der Waals surface area contributed by atoms with Crippen LogP contribution in [0.15, 0.2) is 48.5 Å². The van der Waals surface area contributed by atoms with Gasteiger partial charge < -0.3 is 29.4 Å². The average Bonchev–Trinajstić information content (AvgIpc) is 3.17. The summed E-state index contributed by atoms with van der Waals surface area (Å²) in [5.74, 6) is -5.69. The molecule has 2 atom stereocenters. The molecule has 45 heavy (non-hydrogen) atoms. The highest BCUT2D eigenvalue weighted by Crippen LogP contribution is 2.37. The van der Waals surface area contributed by atoms with Gasteiger partial charge in [0.2, 0.25) is 0 Å². The summed E-state index contributed by atoms with van der Waals surface area (Å²) in [5.41, 5.74) is -1.47. The number of halogens is 5. The molecule has 2 aliphatic rings. The molecule has 2 unspecified atom stereocenters. The molecule has 0 saturated carbocycles. The Morgan fingerprint density at radius 2 is 1.62 bits per heavy atom. The standard InChI is InChI=1S/C31H32BF5N2O6/c1-29(2)30(3,4)45-32(44-29)21-10-9-17(19-7-5-6-8-20(19)21)13-24(28(41)42)38-27(40)26-22(33)14-18(15-23(26)34)39-11-12-43-16-25(39)31(35,36)37/h5-10,14-15,24-25H,11-13,16H2,1-4H3,(H,38,40)(H,41,42). The van der Waals surface area contributed by atoms with Crippen LogP contribution in [-0.2, 0) is 25.3 Å². The molecule has 14 heteroatoms. The Labute approximate surface area is 256 Å². The first-order chi connectivity index (χ1) is 21.0. The highest BCUT2D eigenvalue weighted by molar-refractivity contribution is 6.65. The topological polar surface area (TPSA) is 97.3 Å². The molecule has 5 rings (SSSR count). The minimum atomic E-state index is -4.73. The van der Waals surface area contributed by atoms with Crippen molar-refractivity contribution in [2.24, 2.45) is 0 Å². The van der Waals surface area contributed by atoms with Crippen LogP contribution >= 0.6 is 0 Å². The normalized spacial score (nSPS) is 20.3. The van der Waals surface area contributed by atoms with Crippen molar-refractivity contribution in [3.8, 4) is 0 Å². The second-order valence-corrected chi connectivity index (χ2v) is 12.1. The van der Waals surface area contributed by atoms with Crippen LogP contribution in [0.4, 0.5) is 27.6 Å². The molecule has 3 aromatic rings. The summed E-state index contributed by atoms with van der Waals surface area (Å²) in [4.78, 5) is 26.0. The Morgan fingerprint density at radius 1 is 1.02 bits per heavy atom. The number of morpholine rings is 1. The molecule has 2 N–H and O–H groups in total. The second-order valence-electron chi connectivity index (χ2n) is 12.1. The summed E-state index contributed by atoms with van der Waals surface area (Å²) in [6.45, 7) is 6.59. The van der Waals surface area contributed by atoms with E-state index in [-0.39, 0.29) is 19.6 Å². The fourth-order valence-corrected chi connectivity index (χ4v) is 5.52. The number of hydrogen-bond acceptors (Lipinski definition) is 6. The monoisotopic (exact) mass is 634 g/mol. The second kappa shape index (κ2) is 11.9. The maximum atomic E-state index is 15.1. The van der Waals surface area contributed by atoms with Crippen molar-refractivity contribution in [2.75, 3.05) is 24.7 Å². The van der Waals surface area contributed by atoms with Crippen LogP contribution in [0.3, 0.4) is 0 Å². The molecule has 0 bridgehead atoms. The summed E-state index contributed by atoms with van der Waals surface area (Å²) in [6.07, 6.45) is -4.97. The van der Waals surface area contributed by atoms with Gasteiger partial charge in [0.1, 0.15) is 29.3 Å². The number of carbonyl (C=O) groups excluding carboxylic acids is 1. The van der Waals surface area contributed by atoms with Gasteiger partial charge in [0, 0.05) is 18.7 Å². The number of carbonyl (C=O) groups is 2. The van der Waals surface area contributed by atoms with E-state index in [1.165, 1.54) is 0 Å². The van der Waals surface area contributed by atoms with Crippen molar-refractivity contribution in [1.82, 2.24) is 5.32 Å². The number of benzene rings is 3. The van der Waals surface area contributed by atoms with Gasteiger partial charge >= 0.3 is 19.3 Å². The zero-order valence-electron chi connectivity index (χ0n) is 25.0. The number of nitrogens with one attached hydrogen (secondary N) is 1. The molecule has 3 aromatic carbocycles. The number of fused-ring (bicyclic) bond motifs is 1. The van der Waals surface area contributed by atoms with Gasteiger partial charge in [-0.05, 0) is 61.6 Å². The number of rotatable bonds is 7. The Kier molecular flexibility index (Phi) is 8.62. The van der Waals surface area contributed by atoms with E-state index in [1.54, 1.807) is 30.3 Å². The van der Waals surface area contributed by atoms with Gasteiger partial charge in [0.15, 0.2) is 0 Å². The lowest BCUT2D eigenvalue weighted by molar-refractivity contribution is -0.167. The summed E-state index contributed by atoms with van der Waals surface area (Å²) in [5, 5.41) is 13.5. The zero-order valence-corrected chi connectivity index (χ0v) is 25.0. The lowest BCUT2D eigenvalue weighted by Gasteiger charge is -2.38. The lowest BCUT2D eigenvalue weighted by Crippen LogP contribution is -2.53. The van der Waals surface area contributed by atoms with Crippen molar-refractivity contribution in [3.63, 3.8) is 0 Å². The van der Waals surface area contributed by atoms with E-state index in [2.05, 4.69) is 5.32 Å². The minimum absolute atomic E-state index is 0.0926. The number of alkyl halides is 3. The Balaban J connectivity index is 1.39. The fraction of sp³-hybridized carbons (Fsp3) is 0.419. The highest BCUT2D eigenvalue weighted by atomic mass is 19.4. The maximum absolute atomic E-state index is 15.1. The number of ether oxygens (including phenoxy) is 1. The van der Waals surface area contributed by atoms with E-state index >= 15 is 8.78 Å². The first-order valence-electron chi connectivity index (χ1n) is 14.3. The Morgan fingerprint density at radius 3 is 2.20 bits per heavy atom. The molecular formula is C31H32BF5N2O6. The van der Waals surface area contributed by atoms with Crippen LogP contribution in [0.5, 0.6) is 0 Å². The van der Waals surface area contributed by atoms with Crippen molar-refractivity contribution in [1.29, 1.82) is 0 Å². The van der Waals surface area contributed by atoms with Crippen molar-refractivity contribution in [3.05, 3.63) is 71.3 Å². The Hall–Kier alpha value is -3.75. The zero-order chi connectivity index (χ0) is 32.9. The van der Waals surface area contributed by atoms with Gasteiger partial charge in [-0.3, -0.25) is 4.79 Å². The average molecular weight is 634 g/mol. The van der Waals surface area contributed by atoms with Crippen LogP contribution in [-0.4, -0.2) is 73.3 Å². The predicted octanol–water partition coefficient (Wildman–Crippen LogP) is 4.61. The molecule has 0 spiro atoms. The van der Waals surface area contributed by atoms with E-state index in [4.69, 9.17) is 14.0 Å². The molecule has 8 nitrogen and oxygen atoms in total. The number of nitrogens with zero attached hydrogens (tertiary/aromatic N) is 1. The summed E-state index contributed by atoms with van der Waals surface area (Å²) in [6, 6.07) is 8.12. The van der Waals surface area contributed by atoms with E-state index in [0.29, 0.717) is 23.1 Å².